The number of rotatable bonds is 6. The number of hydrogen-bond acceptors (Lipinski definition) is 7. The molecule has 3 aromatic rings. The van der Waals surface area contributed by atoms with Gasteiger partial charge in [0.2, 0.25) is 5.95 Å². The van der Waals surface area contributed by atoms with Gasteiger partial charge >= 0.3 is 6.18 Å². The third-order valence-electron chi connectivity index (χ3n) is 8.54. The van der Waals surface area contributed by atoms with E-state index < -0.39 is 11.7 Å². The maximum atomic E-state index is 13.8. The first-order valence-electron chi connectivity index (χ1n) is 13.8. The van der Waals surface area contributed by atoms with Crippen molar-refractivity contribution in [2.45, 2.75) is 63.1 Å². The lowest BCUT2D eigenvalue weighted by molar-refractivity contribution is -0.137. The number of aromatic nitrogens is 3. The van der Waals surface area contributed by atoms with Gasteiger partial charge in [-0.15, -0.1) is 0 Å². The van der Waals surface area contributed by atoms with E-state index in [9.17, 15) is 13.2 Å². The van der Waals surface area contributed by atoms with Gasteiger partial charge in [0.15, 0.2) is 0 Å². The van der Waals surface area contributed by atoms with Gasteiger partial charge in [-0.05, 0) is 68.9 Å². The largest absolute Gasteiger partial charge is 0.419 e. The molecule has 1 aliphatic carbocycles. The summed E-state index contributed by atoms with van der Waals surface area (Å²) in [5, 5.41) is 3.52. The van der Waals surface area contributed by atoms with Crippen LogP contribution < -0.4 is 20.9 Å². The number of alkyl halides is 3. The Balaban J connectivity index is 1.32. The summed E-state index contributed by atoms with van der Waals surface area (Å²) in [5.74, 6) is 1.37. The van der Waals surface area contributed by atoms with E-state index in [4.69, 9.17) is 15.7 Å². The molecule has 7 nitrogen and oxygen atoms in total. The second-order valence-electron chi connectivity index (χ2n) is 11.0. The molecule has 206 valence electrons. The molecular formula is C29H34F3N7. The second-order valence-corrected chi connectivity index (χ2v) is 11.0. The van der Waals surface area contributed by atoms with Crippen molar-refractivity contribution in [1.82, 2.24) is 15.0 Å². The Bertz CT molecular complexity index is 1340. The Morgan fingerprint density at radius 1 is 1.05 bits per heavy atom. The maximum absolute atomic E-state index is 13.8. The van der Waals surface area contributed by atoms with E-state index in [2.05, 4.69) is 46.4 Å². The lowest BCUT2D eigenvalue weighted by Gasteiger charge is -2.24. The summed E-state index contributed by atoms with van der Waals surface area (Å²) in [6.07, 6.45) is 2.38. The standard InChI is InChI=1S/C29H34F3N7/c1-19-4-3-15-39(19)27-36-24-11-17-38(26-23(29(30,31)32)5-2-14-34-26)16-10-22(24)25(37-27)35-21-8-6-20(7-9-21)28(18-33)12-13-28/h2,5-9,14,19H,3-4,10-13,15-18,33H2,1H3,(H,35,36,37). The monoisotopic (exact) mass is 537 g/mol. The van der Waals surface area contributed by atoms with E-state index in [0.717, 1.165) is 61.1 Å². The topological polar surface area (TPSA) is 83.2 Å². The molecule has 1 saturated heterocycles. The highest BCUT2D eigenvalue weighted by Gasteiger charge is 2.42. The second kappa shape index (κ2) is 9.97. The van der Waals surface area contributed by atoms with Crippen molar-refractivity contribution in [3.05, 3.63) is 65.0 Å². The van der Waals surface area contributed by atoms with E-state index in [0.29, 0.717) is 44.5 Å². The first kappa shape index (κ1) is 25.9. The highest BCUT2D eigenvalue weighted by Crippen LogP contribution is 2.47. The molecule has 2 aliphatic heterocycles. The number of nitrogens with two attached hydrogens (primary N) is 1. The van der Waals surface area contributed by atoms with Crippen LogP contribution >= 0.6 is 0 Å². The number of nitrogens with zero attached hydrogens (tertiary/aromatic N) is 5. The fourth-order valence-electron chi connectivity index (χ4n) is 5.94. The molecule has 0 amide bonds. The molecule has 10 heteroatoms. The summed E-state index contributed by atoms with van der Waals surface area (Å²) in [6.45, 7) is 4.51. The smallest absolute Gasteiger partial charge is 0.355 e. The average Bonchev–Trinajstić information content (AvgIpc) is 3.66. The molecule has 4 heterocycles. The van der Waals surface area contributed by atoms with Gasteiger partial charge in [0.1, 0.15) is 11.6 Å². The molecule has 1 unspecified atom stereocenters. The van der Waals surface area contributed by atoms with Gasteiger partial charge in [0.05, 0.1) is 11.3 Å². The summed E-state index contributed by atoms with van der Waals surface area (Å²) < 4.78 is 41.3. The molecule has 0 bridgehead atoms. The lowest BCUT2D eigenvalue weighted by Crippen LogP contribution is -2.29. The molecular weight excluding hydrogens is 503 g/mol. The summed E-state index contributed by atoms with van der Waals surface area (Å²) in [5.41, 5.74) is 9.43. The quantitative estimate of drug-likeness (QED) is 0.446. The molecule has 2 aromatic heterocycles. The van der Waals surface area contributed by atoms with Crippen molar-refractivity contribution in [3.8, 4) is 0 Å². The first-order valence-corrected chi connectivity index (χ1v) is 13.8. The summed E-state index contributed by atoms with van der Waals surface area (Å²) in [6, 6.07) is 11.2. The predicted molar refractivity (Wildman–Crippen MR) is 147 cm³/mol. The van der Waals surface area contributed by atoms with Gasteiger partial charge in [-0.25, -0.2) is 9.97 Å². The van der Waals surface area contributed by atoms with Crippen LogP contribution in [0.2, 0.25) is 0 Å². The minimum atomic E-state index is -4.47. The third kappa shape index (κ3) is 5.02. The number of fused-ring (bicyclic) bond motifs is 1. The summed E-state index contributed by atoms with van der Waals surface area (Å²) in [4.78, 5) is 18.0. The molecule has 1 aromatic carbocycles. The van der Waals surface area contributed by atoms with E-state index in [1.807, 2.05) is 0 Å². The molecule has 39 heavy (non-hydrogen) atoms. The predicted octanol–water partition coefficient (Wildman–Crippen LogP) is 5.22. The van der Waals surface area contributed by atoms with Gasteiger partial charge in [0, 0.05) is 61.5 Å². The SMILES string of the molecule is CC1CCCN1c1nc2c(c(Nc3ccc(C4(CN)CC4)cc3)n1)CCN(c1ncccc1C(F)(F)F)CC2. The van der Waals surface area contributed by atoms with E-state index in [-0.39, 0.29) is 11.2 Å². The van der Waals surface area contributed by atoms with Crippen molar-refractivity contribution in [1.29, 1.82) is 0 Å². The Kier molecular flexibility index (Phi) is 6.61. The number of pyridine rings is 1. The number of nitrogens with one attached hydrogen (secondary N) is 1. The molecule has 2 fully saturated rings. The Labute approximate surface area is 226 Å². The molecule has 0 spiro atoms. The molecule has 1 saturated carbocycles. The minimum Gasteiger partial charge on any atom is -0.355 e. The fourth-order valence-corrected chi connectivity index (χ4v) is 5.94. The zero-order chi connectivity index (χ0) is 27.2. The van der Waals surface area contributed by atoms with Crippen LogP contribution in [0.5, 0.6) is 0 Å². The molecule has 0 radical (unpaired) electrons. The van der Waals surface area contributed by atoms with Crippen LogP contribution in [-0.4, -0.2) is 47.2 Å². The van der Waals surface area contributed by atoms with Crippen LogP contribution in [0.1, 0.15) is 55.0 Å². The van der Waals surface area contributed by atoms with E-state index in [1.54, 1.807) is 4.90 Å². The van der Waals surface area contributed by atoms with Crippen molar-refractivity contribution >= 4 is 23.3 Å². The van der Waals surface area contributed by atoms with E-state index in [1.165, 1.54) is 17.8 Å². The Morgan fingerprint density at radius 2 is 1.82 bits per heavy atom. The fraction of sp³-hybridized carbons (Fsp3) is 0.483. The highest BCUT2D eigenvalue weighted by molar-refractivity contribution is 5.64. The van der Waals surface area contributed by atoms with Gasteiger partial charge in [-0.2, -0.15) is 18.2 Å². The summed E-state index contributed by atoms with van der Waals surface area (Å²) in [7, 11) is 0. The normalized spacial score (nSPS) is 20.5. The summed E-state index contributed by atoms with van der Waals surface area (Å²) >= 11 is 0. The molecule has 3 aliphatic rings. The van der Waals surface area contributed by atoms with Crippen LogP contribution in [0.15, 0.2) is 42.6 Å². The number of anilines is 4. The Hall–Kier alpha value is -3.40. The zero-order valence-electron chi connectivity index (χ0n) is 22.1. The van der Waals surface area contributed by atoms with Gasteiger partial charge < -0.3 is 20.9 Å². The van der Waals surface area contributed by atoms with Crippen LogP contribution in [0.3, 0.4) is 0 Å². The number of hydrogen-bond donors (Lipinski definition) is 2. The van der Waals surface area contributed by atoms with Crippen molar-refractivity contribution in [3.63, 3.8) is 0 Å². The van der Waals surface area contributed by atoms with E-state index >= 15 is 0 Å². The van der Waals surface area contributed by atoms with Gasteiger partial charge in [-0.3, -0.25) is 0 Å². The maximum Gasteiger partial charge on any atom is 0.419 e. The Morgan fingerprint density at radius 3 is 2.49 bits per heavy atom. The van der Waals surface area contributed by atoms with Crippen LogP contribution in [0.4, 0.5) is 36.4 Å². The highest BCUT2D eigenvalue weighted by atomic mass is 19.4. The molecule has 3 N–H and O–H groups in total. The van der Waals surface area contributed by atoms with Crippen LogP contribution in [-0.2, 0) is 24.4 Å². The van der Waals surface area contributed by atoms with Crippen LogP contribution in [0, 0.1) is 0 Å². The number of benzene rings is 1. The lowest BCUT2D eigenvalue weighted by atomic mass is 9.96. The van der Waals surface area contributed by atoms with Crippen molar-refractivity contribution in [2.24, 2.45) is 5.73 Å². The molecule has 6 rings (SSSR count). The zero-order valence-corrected chi connectivity index (χ0v) is 22.1. The first-order chi connectivity index (χ1) is 18.8. The van der Waals surface area contributed by atoms with Crippen molar-refractivity contribution in [2.75, 3.05) is 41.3 Å². The van der Waals surface area contributed by atoms with Gasteiger partial charge in [0.25, 0.3) is 0 Å². The molecule has 1 atom stereocenters. The van der Waals surface area contributed by atoms with Gasteiger partial charge in [-0.1, -0.05) is 12.1 Å². The third-order valence-corrected chi connectivity index (χ3v) is 8.54. The minimum absolute atomic E-state index is 0.0295. The average molecular weight is 538 g/mol. The number of halogens is 3. The van der Waals surface area contributed by atoms with Crippen LogP contribution in [0.25, 0.3) is 0 Å². The van der Waals surface area contributed by atoms with Crippen molar-refractivity contribution < 1.29 is 13.2 Å².